The van der Waals surface area contributed by atoms with E-state index >= 15 is 0 Å². The van der Waals surface area contributed by atoms with Gasteiger partial charge in [0.25, 0.3) is 0 Å². The predicted molar refractivity (Wildman–Crippen MR) is 142 cm³/mol. The largest absolute Gasteiger partial charge is 0.491 e. The molecule has 1 atom stereocenters. The van der Waals surface area contributed by atoms with Crippen LogP contribution in [0.25, 0.3) is 10.9 Å². The Balaban J connectivity index is 1.14. The van der Waals surface area contributed by atoms with Crippen LogP contribution in [0.5, 0.6) is 5.75 Å². The number of nitrogens with zero attached hydrogens (tertiary/aromatic N) is 2. The summed E-state index contributed by atoms with van der Waals surface area (Å²) >= 11 is 3.41. The predicted octanol–water partition coefficient (Wildman–Crippen LogP) is 3.20. The van der Waals surface area contributed by atoms with Gasteiger partial charge >= 0.3 is 11.8 Å². The van der Waals surface area contributed by atoms with Crippen molar-refractivity contribution < 1.29 is 23.9 Å². The molecule has 0 radical (unpaired) electrons. The molecule has 0 saturated carbocycles. The quantitative estimate of drug-likeness (QED) is 0.444. The fraction of sp³-hybridized carbons (Fsp3) is 0.370. The van der Waals surface area contributed by atoms with Gasteiger partial charge < -0.3 is 29.6 Å². The minimum atomic E-state index is -0.731. The van der Waals surface area contributed by atoms with Crippen molar-refractivity contribution in [1.29, 1.82) is 0 Å². The van der Waals surface area contributed by atoms with Crippen molar-refractivity contribution in [3.05, 3.63) is 58.7 Å². The number of aromatic nitrogens is 1. The number of carbonyl (C=O) groups is 3. The third-order valence-electron chi connectivity index (χ3n) is 6.82. The summed E-state index contributed by atoms with van der Waals surface area (Å²) in [7, 11) is 0. The van der Waals surface area contributed by atoms with E-state index in [0.29, 0.717) is 56.7 Å². The summed E-state index contributed by atoms with van der Waals surface area (Å²) in [6.45, 7) is 3.24. The molecule has 3 heterocycles. The van der Waals surface area contributed by atoms with Crippen molar-refractivity contribution in [1.82, 2.24) is 14.8 Å². The average molecular weight is 569 g/mol. The molecule has 2 N–H and O–H groups in total. The van der Waals surface area contributed by atoms with Crippen molar-refractivity contribution in [3.63, 3.8) is 0 Å². The van der Waals surface area contributed by atoms with Gasteiger partial charge in [-0.15, -0.1) is 0 Å². The molecular weight excluding hydrogens is 540 g/mol. The number of benzene rings is 2. The Labute approximate surface area is 223 Å². The first-order chi connectivity index (χ1) is 18.0. The smallest absolute Gasteiger partial charge is 0.314 e. The molecule has 2 aliphatic rings. The Kier molecular flexibility index (Phi) is 7.76. The fourth-order valence-corrected chi connectivity index (χ4v) is 5.04. The zero-order valence-electron chi connectivity index (χ0n) is 20.4. The van der Waals surface area contributed by atoms with E-state index in [1.807, 2.05) is 36.5 Å². The van der Waals surface area contributed by atoms with Crippen LogP contribution in [0.4, 0.5) is 5.69 Å². The normalized spacial score (nSPS) is 17.7. The van der Waals surface area contributed by atoms with Gasteiger partial charge in [-0.1, -0.05) is 34.1 Å². The van der Waals surface area contributed by atoms with Gasteiger partial charge in [0.2, 0.25) is 5.91 Å². The molecule has 3 amide bonds. The average Bonchev–Trinajstić information content (AvgIpc) is 3.58. The van der Waals surface area contributed by atoms with Gasteiger partial charge in [-0.05, 0) is 36.2 Å². The second kappa shape index (κ2) is 11.4. The van der Waals surface area contributed by atoms with E-state index in [4.69, 9.17) is 9.47 Å². The van der Waals surface area contributed by atoms with E-state index in [2.05, 4.69) is 26.2 Å². The van der Waals surface area contributed by atoms with Gasteiger partial charge in [-0.2, -0.15) is 0 Å². The highest BCUT2D eigenvalue weighted by molar-refractivity contribution is 9.10. The maximum Gasteiger partial charge on any atom is 0.314 e. The number of fused-ring (bicyclic) bond motifs is 1. The molecule has 10 heteroatoms. The zero-order valence-corrected chi connectivity index (χ0v) is 22.0. The lowest BCUT2D eigenvalue weighted by atomic mass is 10.1. The molecule has 1 aromatic heterocycles. The zero-order chi connectivity index (χ0) is 25.8. The number of ether oxygens (including phenoxy) is 2. The van der Waals surface area contributed by atoms with E-state index in [0.717, 1.165) is 34.0 Å². The van der Waals surface area contributed by atoms with Gasteiger partial charge in [-0.25, -0.2) is 0 Å². The van der Waals surface area contributed by atoms with Gasteiger partial charge in [0.05, 0.1) is 25.3 Å². The van der Waals surface area contributed by atoms with Crippen LogP contribution in [0.2, 0.25) is 0 Å². The number of para-hydroxylation sites is 1. The van der Waals surface area contributed by atoms with E-state index < -0.39 is 11.8 Å². The molecule has 2 fully saturated rings. The molecule has 3 aromatic rings. The third kappa shape index (κ3) is 5.97. The number of nitrogens with one attached hydrogen (secondary N) is 2. The highest BCUT2D eigenvalue weighted by atomic mass is 79.9. The molecule has 0 spiro atoms. The summed E-state index contributed by atoms with van der Waals surface area (Å²) in [5, 5.41) is 3.74. The number of carbonyl (C=O) groups excluding carboxylic acids is 3. The number of amides is 3. The van der Waals surface area contributed by atoms with Gasteiger partial charge in [0, 0.05) is 60.3 Å². The molecule has 2 saturated heterocycles. The number of aromatic amines is 1. The molecule has 2 aliphatic heterocycles. The maximum absolute atomic E-state index is 12.9. The molecule has 0 bridgehead atoms. The highest BCUT2D eigenvalue weighted by Crippen LogP contribution is 2.29. The number of H-pyrrole nitrogens is 1. The number of piperazine rings is 1. The molecule has 37 heavy (non-hydrogen) atoms. The van der Waals surface area contributed by atoms with Crippen LogP contribution in [-0.2, 0) is 25.5 Å². The molecular formula is C27H29BrN4O5. The molecule has 194 valence electrons. The minimum absolute atomic E-state index is 0.00453. The molecule has 0 aliphatic carbocycles. The van der Waals surface area contributed by atoms with Crippen LogP contribution in [-0.4, -0.2) is 78.5 Å². The number of hydrogen-bond donors (Lipinski definition) is 2. The minimum Gasteiger partial charge on any atom is -0.491 e. The Bertz CT molecular complexity index is 1290. The van der Waals surface area contributed by atoms with Crippen molar-refractivity contribution in [2.75, 3.05) is 51.3 Å². The lowest BCUT2D eigenvalue weighted by Crippen LogP contribution is -2.53. The summed E-state index contributed by atoms with van der Waals surface area (Å²) < 4.78 is 12.1. The topological polar surface area (TPSA) is 104 Å². The van der Waals surface area contributed by atoms with Crippen LogP contribution in [0.15, 0.2) is 53.1 Å². The van der Waals surface area contributed by atoms with Crippen LogP contribution in [0.3, 0.4) is 0 Å². The van der Waals surface area contributed by atoms with Crippen molar-refractivity contribution in [3.8, 4) is 5.75 Å². The molecule has 1 unspecified atom stereocenters. The van der Waals surface area contributed by atoms with Gasteiger partial charge in [0.1, 0.15) is 5.75 Å². The SMILES string of the molecule is O=C(Nc1cc(Br)ccc1OCC1CCOC1)C(=O)N1CCN(C(=O)Cc2c[nH]c3ccccc23)CC1. The Hall–Kier alpha value is -3.37. The Morgan fingerprint density at radius 1 is 1.08 bits per heavy atom. The van der Waals surface area contributed by atoms with Crippen molar-refractivity contribution >= 4 is 50.2 Å². The standard InChI is InChI=1S/C27H29BrN4O5/c28-20-5-6-24(37-17-18-7-12-36-16-18)23(14-20)30-26(34)27(35)32-10-8-31(9-11-32)25(33)13-19-15-29-22-4-2-1-3-21(19)22/h1-6,14-15,18,29H,7-13,16-17H2,(H,30,34). The van der Waals surface area contributed by atoms with E-state index in [9.17, 15) is 14.4 Å². The second-order valence-corrected chi connectivity index (χ2v) is 10.3. The number of rotatable bonds is 6. The van der Waals surface area contributed by atoms with Gasteiger partial charge in [0.15, 0.2) is 0 Å². The van der Waals surface area contributed by atoms with Gasteiger partial charge in [-0.3, -0.25) is 14.4 Å². The summed E-state index contributed by atoms with van der Waals surface area (Å²) in [6, 6.07) is 13.2. The van der Waals surface area contributed by atoms with E-state index in [-0.39, 0.29) is 12.3 Å². The summed E-state index contributed by atoms with van der Waals surface area (Å²) in [5.41, 5.74) is 2.38. The van der Waals surface area contributed by atoms with E-state index in [1.165, 1.54) is 4.90 Å². The molecule has 9 nitrogen and oxygen atoms in total. The Morgan fingerprint density at radius 2 is 1.86 bits per heavy atom. The fourth-order valence-electron chi connectivity index (χ4n) is 4.68. The third-order valence-corrected chi connectivity index (χ3v) is 7.31. The molecule has 5 rings (SSSR count). The van der Waals surface area contributed by atoms with Crippen LogP contribution in [0, 0.1) is 5.92 Å². The lowest BCUT2D eigenvalue weighted by molar-refractivity contribution is -0.146. The van der Waals surface area contributed by atoms with Crippen LogP contribution in [0.1, 0.15) is 12.0 Å². The number of anilines is 1. The summed E-state index contributed by atoms with van der Waals surface area (Å²) in [5.74, 6) is -0.540. The van der Waals surface area contributed by atoms with Crippen LogP contribution < -0.4 is 10.1 Å². The molecule has 2 aromatic carbocycles. The monoisotopic (exact) mass is 568 g/mol. The lowest BCUT2D eigenvalue weighted by Gasteiger charge is -2.34. The number of halogens is 1. The summed E-state index contributed by atoms with van der Waals surface area (Å²) in [6.07, 6.45) is 3.10. The summed E-state index contributed by atoms with van der Waals surface area (Å²) in [4.78, 5) is 45.0. The maximum atomic E-state index is 12.9. The van der Waals surface area contributed by atoms with Crippen molar-refractivity contribution in [2.24, 2.45) is 5.92 Å². The number of hydrogen-bond acceptors (Lipinski definition) is 5. The first kappa shape index (κ1) is 25.3. The van der Waals surface area contributed by atoms with E-state index in [1.54, 1.807) is 17.0 Å². The first-order valence-corrected chi connectivity index (χ1v) is 13.2. The van der Waals surface area contributed by atoms with Crippen LogP contribution >= 0.6 is 15.9 Å². The van der Waals surface area contributed by atoms with Crippen molar-refractivity contribution in [2.45, 2.75) is 12.8 Å². The Morgan fingerprint density at radius 3 is 2.65 bits per heavy atom. The second-order valence-electron chi connectivity index (χ2n) is 9.34. The first-order valence-electron chi connectivity index (χ1n) is 12.4. The highest BCUT2D eigenvalue weighted by Gasteiger charge is 2.29.